The van der Waals surface area contributed by atoms with Gasteiger partial charge in [-0.05, 0) is 42.5 Å². The van der Waals surface area contributed by atoms with Crippen LogP contribution in [-0.2, 0) is 11.8 Å². The van der Waals surface area contributed by atoms with Crippen LogP contribution >= 0.6 is 0 Å². The van der Waals surface area contributed by atoms with Crippen LogP contribution in [-0.4, -0.2) is 5.11 Å². The molecule has 2 unspecified atom stereocenters. The first kappa shape index (κ1) is 12.0. The molecule has 1 aliphatic carbocycles. The van der Waals surface area contributed by atoms with Crippen molar-refractivity contribution < 1.29 is 9.52 Å². The van der Waals surface area contributed by atoms with E-state index < -0.39 is 11.5 Å². The van der Waals surface area contributed by atoms with Crippen LogP contribution in [0, 0.1) is 11.3 Å². The average molecular weight is 253 g/mol. The molecule has 1 aromatic carbocycles. The van der Waals surface area contributed by atoms with E-state index in [0.717, 1.165) is 24.0 Å². The molecule has 0 saturated carbocycles. The molecule has 0 fully saturated rings. The fourth-order valence-corrected chi connectivity index (χ4v) is 3.02. The molecule has 1 aliphatic rings. The highest BCUT2D eigenvalue weighted by Crippen LogP contribution is 2.45. The molecule has 3 heteroatoms. The first-order chi connectivity index (χ1) is 9.28. The van der Waals surface area contributed by atoms with Gasteiger partial charge < -0.3 is 9.52 Å². The van der Waals surface area contributed by atoms with Gasteiger partial charge in [0.2, 0.25) is 0 Å². The zero-order valence-electron chi connectivity index (χ0n) is 10.5. The van der Waals surface area contributed by atoms with E-state index >= 15 is 0 Å². The van der Waals surface area contributed by atoms with Gasteiger partial charge in [-0.25, -0.2) is 0 Å². The van der Waals surface area contributed by atoms with Crippen LogP contribution in [0.2, 0.25) is 0 Å². The molecule has 3 rings (SSSR count). The Morgan fingerprint density at radius 1 is 1.26 bits per heavy atom. The summed E-state index contributed by atoms with van der Waals surface area (Å²) in [4.78, 5) is 0. The van der Waals surface area contributed by atoms with Crippen molar-refractivity contribution in [3.05, 3.63) is 59.5 Å². The molecular weight excluding hydrogens is 238 g/mol. The number of aliphatic hydroxyl groups excluding tert-OH is 1. The monoisotopic (exact) mass is 253 g/mol. The number of rotatable bonds is 2. The van der Waals surface area contributed by atoms with Crippen LogP contribution < -0.4 is 0 Å². The molecule has 2 atom stereocenters. The molecular formula is C16H15NO2. The Morgan fingerprint density at radius 2 is 2.11 bits per heavy atom. The summed E-state index contributed by atoms with van der Waals surface area (Å²) in [6.07, 6.45) is 3.13. The largest absolute Gasteiger partial charge is 0.467 e. The van der Waals surface area contributed by atoms with E-state index in [1.807, 2.05) is 24.3 Å². The number of furan rings is 1. The summed E-state index contributed by atoms with van der Waals surface area (Å²) in [7, 11) is 0. The molecule has 1 N–H and O–H groups in total. The Labute approximate surface area is 112 Å². The van der Waals surface area contributed by atoms with E-state index in [4.69, 9.17) is 4.42 Å². The van der Waals surface area contributed by atoms with Gasteiger partial charge in [0, 0.05) is 0 Å². The number of hydrogen-bond donors (Lipinski definition) is 1. The molecule has 0 bridgehead atoms. The van der Waals surface area contributed by atoms with E-state index in [0.29, 0.717) is 12.2 Å². The number of hydrogen-bond acceptors (Lipinski definition) is 3. The Bertz CT molecular complexity index is 612. The van der Waals surface area contributed by atoms with Crippen molar-refractivity contribution in [3.8, 4) is 6.07 Å². The predicted octanol–water partition coefficient (Wildman–Crippen LogP) is 3.11. The molecule has 2 aromatic rings. The number of aliphatic hydroxyl groups is 1. The Kier molecular flexibility index (Phi) is 2.88. The van der Waals surface area contributed by atoms with Crippen LogP contribution in [0.5, 0.6) is 0 Å². The highest BCUT2D eigenvalue weighted by molar-refractivity contribution is 5.44. The maximum atomic E-state index is 10.6. The lowest BCUT2D eigenvalue weighted by molar-refractivity contribution is 0.0782. The van der Waals surface area contributed by atoms with Crippen molar-refractivity contribution in [1.29, 1.82) is 5.26 Å². The van der Waals surface area contributed by atoms with E-state index in [-0.39, 0.29) is 0 Å². The van der Waals surface area contributed by atoms with Crippen molar-refractivity contribution in [2.45, 2.75) is 30.8 Å². The number of nitriles is 1. The molecule has 3 nitrogen and oxygen atoms in total. The van der Waals surface area contributed by atoms with Crippen LogP contribution in [0.3, 0.4) is 0 Å². The summed E-state index contributed by atoms with van der Waals surface area (Å²) in [5.41, 5.74) is 1.20. The van der Waals surface area contributed by atoms with Gasteiger partial charge in [-0.15, -0.1) is 0 Å². The lowest BCUT2D eigenvalue weighted by atomic mass is 9.67. The number of nitrogens with zero attached hydrogens (tertiary/aromatic N) is 1. The molecule has 1 aromatic heterocycles. The molecule has 1 heterocycles. The maximum absolute atomic E-state index is 10.6. The molecule has 0 radical (unpaired) electrons. The standard InChI is InChI=1S/C16H15NO2/c17-11-16(15(18)14-8-4-10-19-14)9-3-6-12-5-1-2-7-13(12)16/h1-2,4-5,7-8,10,15,18H,3,6,9H2. The van der Waals surface area contributed by atoms with Crippen LogP contribution in [0.15, 0.2) is 47.1 Å². The highest BCUT2D eigenvalue weighted by atomic mass is 16.4. The summed E-state index contributed by atoms with van der Waals surface area (Å²) >= 11 is 0. The van der Waals surface area contributed by atoms with Gasteiger partial charge in [-0.2, -0.15) is 5.26 Å². The zero-order valence-corrected chi connectivity index (χ0v) is 10.5. The number of aryl methyl sites for hydroxylation is 1. The third-order valence-corrected chi connectivity index (χ3v) is 3.99. The van der Waals surface area contributed by atoms with E-state index in [1.54, 1.807) is 12.1 Å². The topological polar surface area (TPSA) is 57.2 Å². The van der Waals surface area contributed by atoms with Gasteiger partial charge in [-0.3, -0.25) is 0 Å². The van der Waals surface area contributed by atoms with E-state index in [1.165, 1.54) is 6.26 Å². The van der Waals surface area contributed by atoms with Gasteiger partial charge in [-0.1, -0.05) is 24.3 Å². The summed E-state index contributed by atoms with van der Waals surface area (Å²) in [6.45, 7) is 0. The van der Waals surface area contributed by atoms with Crippen LogP contribution in [0.4, 0.5) is 0 Å². The molecule has 0 saturated heterocycles. The number of fused-ring (bicyclic) bond motifs is 1. The fourth-order valence-electron chi connectivity index (χ4n) is 3.02. The minimum Gasteiger partial charge on any atom is -0.467 e. The zero-order chi connectivity index (χ0) is 13.3. The van der Waals surface area contributed by atoms with Crippen molar-refractivity contribution in [2.75, 3.05) is 0 Å². The summed E-state index contributed by atoms with van der Waals surface area (Å²) in [6, 6.07) is 13.7. The average Bonchev–Trinajstić information content (AvgIpc) is 3.00. The number of benzene rings is 1. The van der Waals surface area contributed by atoms with Gasteiger partial charge >= 0.3 is 0 Å². The van der Waals surface area contributed by atoms with Gasteiger partial charge in [0.15, 0.2) is 0 Å². The molecule has 19 heavy (non-hydrogen) atoms. The predicted molar refractivity (Wildman–Crippen MR) is 70.3 cm³/mol. The first-order valence-corrected chi connectivity index (χ1v) is 6.49. The van der Waals surface area contributed by atoms with Crippen molar-refractivity contribution in [2.24, 2.45) is 0 Å². The second-order valence-corrected chi connectivity index (χ2v) is 5.01. The minimum atomic E-state index is -0.922. The lowest BCUT2D eigenvalue weighted by Crippen LogP contribution is -2.35. The molecule has 96 valence electrons. The third kappa shape index (κ3) is 1.76. The summed E-state index contributed by atoms with van der Waals surface area (Å²) < 4.78 is 5.29. The minimum absolute atomic E-state index is 0.457. The first-order valence-electron chi connectivity index (χ1n) is 6.49. The Morgan fingerprint density at radius 3 is 2.84 bits per heavy atom. The van der Waals surface area contributed by atoms with Crippen molar-refractivity contribution >= 4 is 0 Å². The fraction of sp³-hybridized carbons (Fsp3) is 0.312. The smallest absolute Gasteiger partial charge is 0.134 e. The normalized spacial score (nSPS) is 23.4. The second-order valence-electron chi connectivity index (χ2n) is 5.01. The molecule has 0 aliphatic heterocycles. The van der Waals surface area contributed by atoms with Crippen LogP contribution in [0.1, 0.15) is 35.8 Å². The second kappa shape index (κ2) is 4.56. The van der Waals surface area contributed by atoms with Gasteiger partial charge in [0.05, 0.1) is 12.3 Å². The van der Waals surface area contributed by atoms with Gasteiger partial charge in [0.1, 0.15) is 17.3 Å². The van der Waals surface area contributed by atoms with Crippen LogP contribution in [0.25, 0.3) is 0 Å². The van der Waals surface area contributed by atoms with Gasteiger partial charge in [0.25, 0.3) is 0 Å². The Hall–Kier alpha value is -2.05. The van der Waals surface area contributed by atoms with Crippen molar-refractivity contribution in [3.63, 3.8) is 0 Å². The quantitative estimate of drug-likeness (QED) is 0.894. The third-order valence-electron chi connectivity index (χ3n) is 3.99. The maximum Gasteiger partial charge on any atom is 0.134 e. The molecule has 0 amide bonds. The van der Waals surface area contributed by atoms with E-state index in [2.05, 4.69) is 6.07 Å². The SMILES string of the molecule is N#CC1(C(O)c2ccco2)CCCc2ccccc21. The Balaban J connectivity index is 2.13. The highest BCUT2D eigenvalue weighted by Gasteiger charge is 2.45. The van der Waals surface area contributed by atoms with Crippen molar-refractivity contribution in [1.82, 2.24) is 0 Å². The van der Waals surface area contributed by atoms with E-state index in [9.17, 15) is 10.4 Å². The molecule has 0 spiro atoms. The lowest BCUT2D eigenvalue weighted by Gasteiger charge is -2.36. The summed E-state index contributed by atoms with van der Waals surface area (Å²) in [5, 5.41) is 20.3. The summed E-state index contributed by atoms with van der Waals surface area (Å²) in [5.74, 6) is 0.457.